The molecule has 3 aromatic rings. The summed E-state index contributed by atoms with van der Waals surface area (Å²) in [5.74, 6) is -0.740. The van der Waals surface area contributed by atoms with Gasteiger partial charge >= 0.3 is 11.9 Å². The summed E-state index contributed by atoms with van der Waals surface area (Å²) >= 11 is 0. The van der Waals surface area contributed by atoms with E-state index in [1.165, 1.54) is 25.4 Å². The molecule has 0 saturated carbocycles. The number of esters is 2. The van der Waals surface area contributed by atoms with Gasteiger partial charge in [-0.15, -0.1) is 0 Å². The van der Waals surface area contributed by atoms with Crippen LogP contribution in [0.2, 0.25) is 0 Å². The molecule has 0 saturated heterocycles. The van der Waals surface area contributed by atoms with Gasteiger partial charge in [0.15, 0.2) is 0 Å². The summed E-state index contributed by atoms with van der Waals surface area (Å²) in [6.45, 7) is 8.09. The maximum absolute atomic E-state index is 12.1. The van der Waals surface area contributed by atoms with Gasteiger partial charge in [0.05, 0.1) is 30.8 Å². The van der Waals surface area contributed by atoms with Crippen LogP contribution in [0.25, 0.3) is 5.57 Å². The third kappa shape index (κ3) is 4.21. The van der Waals surface area contributed by atoms with Crippen molar-refractivity contribution in [3.8, 4) is 0 Å². The molecule has 0 fully saturated rings. The molecule has 0 N–H and O–H groups in total. The van der Waals surface area contributed by atoms with E-state index in [0.29, 0.717) is 11.1 Å². The van der Waals surface area contributed by atoms with Gasteiger partial charge in [-0.2, -0.15) is 0 Å². The maximum Gasteiger partial charge on any atom is 0.337 e. The first kappa shape index (κ1) is 25.7. The zero-order valence-corrected chi connectivity index (χ0v) is 21.2. The maximum atomic E-state index is 12.1. The predicted octanol–water partition coefficient (Wildman–Crippen LogP) is 6.98. The van der Waals surface area contributed by atoms with Crippen LogP contribution in [-0.2, 0) is 14.9 Å². The van der Waals surface area contributed by atoms with E-state index >= 15 is 0 Å². The number of carbonyl (C=O) groups is 2. The lowest BCUT2D eigenvalue weighted by atomic mass is 9.67. The molecule has 4 nitrogen and oxygen atoms in total. The van der Waals surface area contributed by atoms with Gasteiger partial charge in [0.2, 0.25) is 0 Å². The lowest BCUT2D eigenvalue weighted by Gasteiger charge is -2.34. The van der Waals surface area contributed by atoms with E-state index in [2.05, 4.69) is 24.3 Å². The molecular formula is C31H32O4. The molecule has 1 aliphatic carbocycles. The molecule has 35 heavy (non-hydrogen) atoms. The van der Waals surface area contributed by atoms with Gasteiger partial charge in [-0.25, -0.2) is 9.59 Å². The lowest BCUT2D eigenvalue weighted by Crippen LogP contribution is -2.29. The topological polar surface area (TPSA) is 52.6 Å². The minimum atomic E-state index is -0.601. The summed E-state index contributed by atoms with van der Waals surface area (Å²) in [4.78, 5) is 24.1. The van der Waals surface area contributed by atoms with Crippen LogP contribution in [0.3, 0.4) is 0 Å². The first-order valence-electron chi connectivity index (χ1n) is 11.8. The van der Waals surface area contributed by atoms with Gasteiger partial charge < -0.3 is 9.47 Å². The van der Waals surface area contributed by atoms with Gasteiger partial charge in [0.25, 0.3) is 0 Å². The third-order valence-electron chi connectivity index (χ3n) is 6.37. The molecule has 0 aromatic heterocycles. The normalized spacial score (nSPS) is 15.7. The Morgan fingerprint density at radius 1 is 0.686 bits per heavy atom. The molecule has 0 unspecified atom stereocenters. The minimum absolute atomic E-state index is 0.370. The molecule has 3 aromatic carbocycles. The zero-order chi connectivity index (χ0) is 25.6. The first-order chi connectivity index (χ1) is 17.0. The van der Waals surface area contributed by atoms with Crippen LogP contribution in [0.15, 0.2) is 90.5 Å². The smallest absolute Gasteiger partial charge is 0.337 e. The molecule has 0 bridgehead atoms. The summed E-state index contributed by atoms with van der Waals surface area (Å²) < 4.78 is 9.77. The van der Waals surface area contributed by atoms with Crippen molar-refractivity contribution in [1.29, 1.82) is 0 Å². The summed E-state index contributed by atoms with van der Waals surface area (Å²) in [6, 6.07) is 23.5. The molecule has 4 heteroatoms. The van der Waals surface area contributed by atoms with E-state index in [4.69, 9.17) is 9.47 Å². The summed E-state index contributed by atoms with van der Waals surface area (Å²) in [5, 5.41) is 0. The Bertz CT molecular complexity index is 1200. The third-order valence-corrected chi connectivity index (χ3v) is 6.37. The highest BCUT2D eigenvalue weighted by molar-refractivity contribution is 5.95. The zero-order valence-electron chi connectivity index (χ0n) is 21.2. The average Bonchev–Trinajstić information content (AvgIpc) is 3.23. The molecule has 0 heterocycles. The highest BCUT2D eigenvalue weighted by atomic mass is 16.5. The van der Waals surface area contributed by atoms with E-state index < -0.39 is 5.41 Å². The fraction of sp³-hybridized carbons (Fsp3) is 0.226. The molecule has 0 atom stereocenters. The van der Waals surface area contributed by atoms with Crippen molar-refractivity contribution in [1.82, 2.24) is 0 Å². The summed E-state index contributed by atoms with van der Waals surface area (Å²) in [6.07, 6.45) is 4.29. The van der Waals surface area contributed by atoms with Crippen LogP contribution >= 0.6 is 0 Å². The summed E-state index contributed by atoms with van der Waals surface area (Å²) in [7, 11) is 2.76. The van der Waals surface area contributed by atoms with Gasteiger partial charge in [0, 0.05) is 0 Å². The highest BCUT2D eigenvalue weighted by Crippen LogP contribution is 2.57. The van der Waals surface area contributed by atoms with Crippen molar-refractivity contribution >= 4 is 17.5 Å². The highest BCUT2D eigenvalue weighted by Gasteiger charge is 2.47. The number of ether oxygens (including phenoxy) is 2. The monoisotopic (exact) mass is 468 g/mol. The average molecular weight is 469 g/mol. The van der Waals surface area contributed by atoms with Crippen LogP contribution in [-0.4, -0.2) is 26.2 Å². The van der Waals surface area contributed by atoms with Crippen LogP contribution in [0.4, 0.5) is 0 Å². The van der Waals surface area contributed by atoms with Gasteiger partial charge in [-0.05, 0) is 71.5 Å². The number of hydrogen-bond acceptors (Lipinski definition) is 4. The molecular weight excluding hydrogens is 436 g/mol. The molecule has 4 rings (SSSR count). The number of carbonyl (C=O) groups excluding carboxylic acids is 2. The van der Waals surface area contributed by atoms with Crippen molar-refractivity contribution in [3.05, 3.63) is 124 Å². The second kappa shape index (κ2) is 11.0. The number of methoxy groups -OCH3 is 2. The molecule has 1 aliphatic rings. The van der Waals surface area contributed by atoms with Crippen LogP contribution in [0, 0.1) is 0 Å². The van der Waals surface area contributed by atoms with Crippen LogP contribution < -0.4 is 0 Å². The van der Waals surface area contributed by atoms with E-state index in [0.717, 1.165) is 22.3 Å². The van der Waals surface area contributed by atoms with Crippen molar-refractivity contribution in [2.75, 3.05) is 14.2 Å². The Morgan fingerprint density at radius 2 is 1.14 bits per heavy atom. The van der Waals surface area contributed by atoms with Gasteiger partial charge in [0.1, 0.15) is 0 Å². The van der Waals surface area contributed by atoms with Gasteiger partial charge in [-0.3, -0.25) is 0 Å². The Kier molecular flexibility index (Phi) is 8.08. The largest absolute Gasteiger partial charge is 0.465 e. The Hall–Kier alpha value is -3.92. The van der Waals surface area contributed by atoms with E-state index in [1.807, 2.05) is 64.1 Å². The quantitative estimate of drug-likeness (QED) is 0.388. The first-order valence-corrected chi connectivity index (χ1v) is 11.8. The van der Waals surface area contributed by atoms with Crippen LogP contribution in [0.5, 0.6) is 0 Å². The van der Waals surface area contributed by atoms with E-state index in [1.54, 1.807) is 24.3 Å². The van der Waals surface area contributed by atoms with Crippen molar-refractivity contribution in [3.63, 3.8) is 0 Å². The van der Waals surface area contributed by atoms with E-state index in [9.17, 15) is 9.59 Å². The SMILES string of the molecule is C/C=C1\C(=C/C)C(c2ccc(C(=O)OC)cc2)(c2ccc(C(=O)OC)cc2)c2ccccc21.CC. The molecule has 0 radical (unpaired) electrons. The summed E-state index contributed by atoms with van der Waals surface area (Å²) in [5.41, 5.74) is 7.09. The molecule has 0 amide bonds. The molecule has 0 aliphatic heterocycles. The van der Waals surface area contributed by atoms with Crippen molar-refractivity contribution in [2.45, 2.75) is 33.1 Å². The van der Waals surface area contributed by atoms with Crippen LogP contribution in [0.1, 0.15) is 70.7 Å². The fourth-order valence-electron chi connectivity index (χ4n) is 4.96. The molecule has 180 valence electrons. The Labute approximate surface area is 207 Å². The molecule has 0 spiro atoms. The van der Waals surface area contributed by atoms with Gasteiger partial charge in [-0.1, -0.05) is 74.5 Å². The Balaban J connectivity index is 0.00000167. The Morgan fingerprint density at radius 3 is 1.54 bits per heavy atom. The number of benzene rings is 3. The minimum Gasteiger partial charge on any atom is -0.465 e. The second-order valence-corrected chi connectivity index (χ2v) is 7.84. The number of rotatable bonds is 4. The van der Waals surface area contributed by atoms with Crippen molar-refractivity contribution in [2.24, 2.45) is 0 Å². The predicted molar refractivity (Wildman–Crippen MR) is 141 cm³/mol. The number of fused-ring (bicyclic) bond motifs is 1. The second-order valence-electron chi connectivity index (χ2n) is 7.84. The van der Waals surface area contributed by atoms with Crippen molar-refractivity contribution < 1.29 is 19.1 Å². The lowest BCUT2D eigenvalue weighted by molar-refractivity contribution is 0.0592. The fourth-order valence-corrected chi connectivity index (χ4v) is 4.96. The number of allylic oxidation sites excluding steroid dienone is 4. The number of hydrogen-bond donors (Lipinski definition) is 0. The van der Waals surface area contributed by atoms with E-state index in [-0.39, 0.29) is 11.9 Å². The standard InChI is InChI=1S/C29H26O4.C2H6/c1-5-23-24-9-7-8-10-26(24)29(25(23)6-2,21-15-11-19(12-16-21)27(30)32-3)22-17-13-20(14-18-22)28(31)33-4;1-2/h5-18H,1-4H3;1-2H3/b23-5-,25-6+;.